The molecule has 1 rings (SSSR count). The van der Waals surface area contributed by atoms with Gasteiger partial charge in [0.15, 0.2) is 0 Å². The average molecular weight is 159 g/mol. The molecule has 0 unspecified atom stereocenters. The van der Waals surface area contributed by atoms with Gasteiger partial charge in [-0.3, -0.25) is 5.26 Å². The predicted octanol–water partition coefficient (Wildman–Crippen LogP) is 2.33. The van der Waals surface area contributed by atoms with Gasteiger partial charge in [0.25, 0.3) is 0 Å². The van der Waals surface area contributed by atoms with Crippen molar-refractivity contribution in [2.75, 3.05) is 0 Å². The molecule has 0 heterocycles. The van der Waals surface area contributed by atoms with Crippen molar-refractivity contribution in [1.29, 1.82) is 0 Å². The van der Waals surface area contributed by atoms with Crippen molar-refractivity contribution >= 4 is 11.6 Å². The Morgan fingerprint density at radius 3 is 2.90 bits per heavy atom. The third-order valence-corrected chi connectivity index (χ3v) is 1.36. The van der Waals surface area contributed by atoms with E-state index in [0.717, 1.165) is 5.56 Å². The molecule has 0 aromatic heterocycles. The van der Waals surface area contributed by atoms with Crippen LogP contribution in [0.3, 0.4) is 0 Å². The molecular weight excluding hydrogens is 152 g/mol. The van der Waals surface area contributed by atoms with E-state index in [1.807, 2.05) is 6.07 Å². The lowest BCUT2D eigenvalue weighted by Crippen LogP contribution is -1.85. The minimum absolute atomic E-state index is 0.181. The lowest BCUT2D eigenvalue weighted by Gasteiger charge is -1.96. The van der Waals surface area contributed by atoms with E-state index in [-0.39, 0.29) is 6.61 Å². The minimum Gasteiger partial charge on any atom is -0.251 e. The van der Waals surface area contributed by atoms with Gasteiger partial charge in [-0.25, -0.2) is 4.89 Å². The summed E-state index contributed by atoms with van der Waals surface area (Å²) < 4.78 is 0. The van der Waals surface area contributed by atoms with Crippen LogP contribution in [0.5, 0.6) is 0 Å². The highest BCUT2D eigenvalue weighted by atomic mass is 35.5. The highest BCUT2D eigenvalue weighted by Gasteiger charge is 1.91. The first-order valence-electron chi connectivity index (χ1n) is 2.84. The van der Waals surface area contributed by atoms with Crippen LogP contribution in [0.1, 0.15) is 5.56 Å². The molecule has 3 heteroatoms. The molecule has 0 radical (unpaired) electrons. The fourth-order valence-electron chi connectivity index (χ4n) is 0.701. The van der Waals surface area contributed by atoms with Crippen molar-refractivity contribution in [2.24, 2.45) is 0 Å². The van der Waals surface area contributed by atoms with E-state index in [9.17, 15) is 0 Å². The molecular formula is C7H7ClO2. The van der Waals surface area contributed by atoms with Crippen molar-refractivity contribution in [3.05, 3.63) is 34.9 Å². The largest absolute Gasteiger partial charge is 0.251 e. The third kappa shape index (κ3) is 1.99. The molecule has 1 aromatic carbocycles. The number of halogens is 1. The van der Waals surface area contributed by atoms with Gasteiger partial charge in [0.05, 0.1) is 0 Å². The zero-order valence-electron chi connectivity index (χ0n) is 5.25. The Bertz CT molecular complexity index is 213. The van der Waals surface area contributed by atoms with Crippen LogP contribution in [0.4, 0.5) is 0 Å². The topological polar surface area (TPSA) is 29.5 Å². The second-order valence-electron chi connectivity index (χ2n) is 1.90. The molecule has 0 atom stereocenters. The van der Waals surface area contributed by atoms with E-state index in [1.165, 1.54) is 0 Å². The van der Waals surface area contributed by atoms with Crippen molar-refractivity contribution in [3.8, 4) is 0 Å². The molecule has 54 valence electrons. The molecule has 0 spiro atoms. The fraction of sp³-hybridized carbons (Fsp3) is 0.143. The third-order valence-electron chi connectivity index (χ3n) is 1.12. The van der Waals surface area contributed by atoms with Crippen LogP contribution in [0, 0.1) is 0 Å². The second-order valence-corrected chi connectivity index (χ2v) is 2.34. The van der Waals surface area contributed by atoms with Crippen molar-refractivity contribution in [1.82, 2.24) is 0 Å². The van der Waals surface area contributed by atoms with E-state index in [4.69, 9.17) is 16.9 Å². The standard InChI is InChI=1S/C7H7ClO2/c8-7-3-1-2-6(4-7)5-10-9/h1-4,9H,5H2. The SMILES string of the molecule is OOCc1cccc(Cl)c1. The summed E-state index contributed by atoms with van der Waals surface area (Å²) in [5, 5.41) is 8.72. The van der Waals surface area contributed by atoms with E-state index in [2.05, 4.69) is 4.89 Å². The Morgan fingerprint density at radius 2 is 2.30 bits per heavy atom. The highest BCUT2D eigenvalue weighted by Crippen LogP contribution is 2.10. The molecule has 2 nitrogen and oxygen atoms in total. The zero-order valence-corrected chi connectivity index (χ0v) is 6.01. The molecule has 0 fully saturated rings. The molecule has 1 N–H and O–H groups in total. The molecule has 0 amide bonds. The van der Waals surface area contributed by atoms with Crippen LogP contribution < -0.4 is 0 Å². The highest BCUT2D eigenvalue weighted by molar-refractivity contribution is 6.30. The summed E-state index contributed by atoms with van der Waals surface area (Å²) in [6, 6.07) is 7.12. The number of rotatable bonds is 2. The predicted molar refractivity (Wildman–Crippen MR) is 38.9 cm³/mol. The van der Waals surface area contributed by atoms with Gasteiger partial charge in [-0.05, 0) is 17.7 Å². The first kappa shape index (κ1) is 7.54. The summed E-state index contributed by atoms with van der Waals surface area (Å²) in [6.07, 6.45) is 0. The van der Waals surface area contributed by atoms with Crippen LogP contribution in [-0.2, 0) is 11.5 Å². The van der Waals surface area contributed by atoms with E-state index in [1.54, 1.807) is 18.2 Å². The molecule has 0 aliphatic rings. The van der Waals surface area contributed by atoms with Crippen LogP contribution >= 0.6 is 11.6 Å². The Hall–Kier alpha value is -0.570. The fourth-order valence-corrected chi connectivity index (χ4v) is 0.914. The summed E-state index contributed by atoms with van der Waals surface area (Å²) in [5.41, 5.74) is 0.856. The summed E-state index contributed by atoms with van der Waals surface area (Å²) in [6.45, 7) is 0.181. The molecule has 0 saturated carbocycles. The molecule has 0 saturated heterocycles. The number of benzene rings is 1. The Labute approximate surface area is 63.9 Å². The molecule has 1 aromatic rings. The maximum atomic E-state index is 8.07. The van der Waals surface area contributed by atoms with Crippen LogP contribution in [0.2, 0.25) is 5.02 Å². The smallest absolute Gasteiger partial charge is 0.107 e. The molecule has 0 bridgehead atoms. The molecule has 0 aliphatic carbocycles. The van der Waals surface area contributed by atoms with Crippen LogP contribution in [0.15, 0.2) is 24.3 Å². The van der Waals surface area contributed by atoms with E-state index in [0.29, 0.717) is 5.02 Å². The lowest BCUT2D eigenvalue weighted by atomic mass is 10.2. The number of hydrogen-bond acceptors (Lipinski definition) is 2. The Balaban J connectivity index is 2.75. The molecule has 10 heavy (non-hydrogen) atoms. The van der Waals surface area contributed by atoms with E-state index >= 15 is 0 Å². The second kappa shape index (κ2) is 3.56. The van der Waals surface area contributed by atoms with Crippen molar-refractivity contribution in [2.45, 2.75) is 6.61 Å². The first-order valence-corrected chi connectivity index (χ1v) is 3.21. The average Bonchev–Trinajstić information content (AvgIpc) is 1.88. The quantitative estimate of drug-likeness (QED) is 0.529. The summed E-state index contributed by atoms with van der Waals surface area (Å²) in [7, 11) is 0. The van der Waals surface area contributed by atoms with Crippen molar-refractivity contribution < 1.29 is 10.1 Å². The van der Waals surface area contributed by atoms with Gasteiger partial charge in [0.1, 0.15) is 6.61 Å². The van der Waals surface area contributed by atoms with Gasteiger partial charge in [0, 0.05) is 5.02 Å². The van der Waals surface area contributed by atoms with E-state index < -0.39 is 0 Å². The van der Waals surface area contributed by atoms with Gasteiger partial charge in [-0.2, -0.15) is 0 Å². The Morgan fingerprint density at radius 1 is 1.50 bits per heavy atom. The monoisotopic (exact) mass is 158 g/mol. The summed E-state index contributed by atoms with van der Waals surface area (Å²) >= 11 is 5.64. The van der Waals surface area contributed by atoms with Gasteiger partial charge in [0.2, 0.25) is 0 Å². The number of hydrogen-bond donors (Lipinski definition) is 1. The zero-order chi connectivity index (χ0) is 7.40. The lowest BCUT2D eigenvalue weighted by molar-refractivity contribution is -0.253. The maximum absolute atomic E-state index is 8.07. The summed E-state index contributed by atoms with van der Waals surface area (Å²) in [4.78, 5) is 3.92. The molecule has 0 aliphatic heterocycles. The van der Waals surface area contributed by atoms with Crippen molar-refractivity contribution in [3.63, 3.8) is 0 Å². The van der Waals surface area contributed by atoms with Gasteiger partial charge < -0.3 is 0 Å². The normalized spacial score (nSPS) is 9.80. The van der Waals surface area contributed by atoms with Gasteiger partial charge in [-0.1, -0.05) is 23.7 Å². The first-order chi connectivity index (χ1) is 4.83. The van der Waals surface area contributed by atoms with Crippen LogP contribution in [0.25, 0.3) is 0 Å². The van der Waals surface area contributed by atoms with Gasteiger partial charge in [-0.15, -0.1) is 0 Å². The Kier molecular flexibility index (Phi) is 2.68. The minimum atomic E-state index is 0.181. The van der Waals surface area contributed by atoms with Gasteiger partial charge >= 0.3 is 0 Å². The maximum Gasteiger partial charge on any atom is 0.107 e. The van der Waals surface area contributed by atoms with Crippen LogP contribution in [-0.4, -0.2) is 5.26 Å². The summed E-state index contributed by atoms with van der Waals surface area (Å²) in [5.74, 6) is 0.